The van der Waals surface area contributed by atoms with Crippen LogP contribution in [0.2, 0.25) is 0 Å². The molecule has 1 heterocycles. The van der Waals surface area contributed by atoms with Crippen molar-refractivity contribution in [3.05, 3.63) is 81.7 Å². The second kappa shape index (κ2) is 10.0. The number of esters is 1. The summed E-state index contributed by atoms with van der Waals surface area (Å²) in [6, 6.07) is 12.1. The largest absolute Gasteiger partial charge is 0.465 e. The third-order valence-electron chi connectivity index (χ3n) is 5.65. The third-order valence-corrected chi connectivity index (χ3v) is 5.97. The minimum absolute atomic E-state index is 0.214. The van der Waals surface area contributed by atoms with E-state index in [0.717, 1.165) is 22.5 Å². The number of aryl methyl sites for hydroxylation is 3. The average Bonchev–Trinajstić information content (AvgIpc) is 3.15. The van der Waals surface area contributed by atoms with E-state index in [2.05, 4.69) is 21.6 Å². The molecule has 1 amide bonds. The molecule has 0 radical (unpaired) electrons. The molecule has 0 saturated heterocycles. The van der Waals surface area contributed by atoms with Gasteiger partial charge >= 0.3 is 5.97 Å². The molecule has 0 atom stereocenters. The molecule has 8 heteroatoms. The van der Waals surface area contributed by atoms with Gasteiger partial charge in [-0.3, -0.25) is 9.59 Å². The summed E-state index contributed by atoms with van der Waals surface area (Å²) in [6.45, 7) is 7.38. The Morgan fingerprint density at radius 1 is 0.939 bits per heavy atom. The number of methoxy groups -OCH3 is 1. The van der Waals surface area contributed by atoms with E-state index in [9.17, 15) is 14.4 Å². The third kappa shape index (κ3) is 4.85. The molecule has 7 nitrogen and oxygen atoms in total. The summed E-state index contributed by atoms with van der Waals surface area (Å²) in [6.07, 6.45) is 0. The lowest BCUT2D eigenvalue weighted by molar-refractivity contribution is 0.0600. The van der Waals surface area contributed by atoms with Gasteiger partial charge in [0.1, 0.15) is 0 Å². The highest BCUT2D eigenvalue weighted by atomic mass is 79.9. The van der Waals surface area contributed by atoms with Gasteiger partial charge in [-0.1, -0.05) is 12.1 Å². The van der Waals surface area contributed by atoms with Crippen LogP contribution in [0.5, 0.6) is 5.75 Å². The summed E-state index contributed by atoms with van der Waals surface area (Å²) in [4.78, 5) is 38.0. The summed E-state index contributed by atoms with van der Waals surface area (Å²) in [7, 11) is 1.31. The standard InChI is InChI=1S/C25H25BrN2O5/c1-14-6-10-20(23(33-26)17(14)4)24(30)27-13-22(29)18-9-11-19(25(31)32-5)21(12-18)28-15(2)7-8-16(28)3/h6-12H,13H2,1-5H3,(H,27,30). The molecular weight excluding hydrogens is 488 g/mol. The van der Waals surface area contributed by atoms with Crippen LogP contribution in [-0.2, 0) is 4.74 Å². The molecule has 1 aromatic heterocycles. The first-order valence-corrected chi connectivity index (χ1v) is 10.9. The number of Topliss-reactive ketones (excluding diaryl/α,β-unsaturated/α-hetero) is 1. The van der Waals surface area contributed by atoms with Crippen LogP contribution in [0.15, 0.2) is 42.5 Å². The van der Waals surface area contributed by atoms with Crippen molar-refractivity contribution in [1.82, 2.24) is 9.88 Å². The molecule has 0 saturated carbocycles. The quantitative estimate of drug-likeness (QED) is 0.363. The molecule has 0 spiro atoms. The summed E-state index contributed by atoms with van der Waals surface area (Å²) in [5.41, 5.74) is 5.20. The van der Waals surface area contributed by atoms with Crippen molar-refractivity contribution < 1.29 is 22.9 Å². The minimum Gasteiger partial charge on any atom is -0.465 e. The summed E-state index contributed by atoms with van der Waals surface area (Å²) >= 11 is 2.95. The molecular formula is C25H25BrN2O5. The van der Waals surface area contributed by atoms with Crippen molar-refractivity contribution in [1.29, 1.82) is 0 Å². The van der Waals surface area contributed by atoms with Gasteiger partial charge in [0.2, 0.25) is 0 Å². The molecule has 0 unspecified atom stereocenters. The Kier molecular flexibility index (Phi) is 7.38. The number of benzene rings is 2. The molecule has 33 heavy (non-hydrogen) atoms. The highest BCUT2D eigenvalue weighted by molar-refractivity contribution is 9.06. The Bertz CT molecular complexity index is 1230. The molecule has 0 aliphatic carbocycles. The molecule has 0 aliphatic heterocycles. The number of nitrogens with zero attached hydrogens (tertiary/aromatic N) is 1. The molecule has 172 valence electrons. The fourth-order valence-electron chi connectivity index (χ4n) is 3.65. The first kappa shape index (κ1) is 24.3. The number of nitrogens with one attached hydrogen (secondary N) is 1. The molecule has 2 aromatic carbocycles. The SMILES string of the molecule is COC(=O)c1ccc(C(=O)CNC(=O)c2ccc(C)c(C)c2OBr)cc1-n1c(C)ccc1C. The number of halogens is 1. The van der Waals surface area contributed by atoms with Gasteiger partial charge in [0, 0.05) is 17.0 Å². The molecule has 3 aromatic rings. The fraction of sp³-hybridized carbons (Fsp3) is 0.240. The molecule has 0 aliphatic rings. The normalized spacial score (nSPS) is 10.6. The van der Waals surface area contributed by atoms with Crippen LogP contribution in [0, 0.1) is 27.7 Å². The number of amides is 1. The topological polar surface area (TPSA) is 86.6 Å². The van der Waals surface area contributed by atoms with Crippen molar-refractivity contribution in [3.8, 4) is 11.4 Å². The Hall–Kier alpha value is -3.39. The number of carbonyl (C=O) groups excluding carboxylic acids is 3. The number of aromatic nitrogens is 1. The number of rotatable bonds is 7. The van der Waals surface area contributed by atoms with E-state index < -0.39 is 11.9 Å². The van der Waals surface area contributed by atoms with Crippen molar-refractivity contribution in [3.63, 3.8) is 0 Å². The van der Waals surface area contributed by atoms with E-state index in [0.29, 0.717) is 28.1 Å². The van der Waals surface area contributed by atoms with Gasteiger partial charge in [-0.05, 0) is 69.2 Å². The first-order chi connectivity index (χ1) is 15.7. The highest BCUT2D eigenvalue weighted by Crippen LogP contribution is 2.28. The van der Waals surface area contributed by atoms with Crippen molar-refractivity contribution in [2.24, 2.45) is 0 Å². The van der Waals surface area contributed by atoms with Gasteiger partial charge in [-0.25, -0.2) is 4.79 Å². The van der Waals surface area contributed by atoms with E-state index >= 15 is 0 Å². The zero-order valence-corrected chi connectivity index (χ0v) is 20.7. The number of ether oxygens (including phenoxy) is 1. The maximum Gasteiger partial charge on any atom is 0.339 e. The highest BCUT2D eigenvalue weighted by Gasteiger charge is 2.20. The van der Waals surface area contributed by atoms with Crippen LogP contribution in [-0.4, -0.2) is 35.9 Å². The van der Waals surface area contributed by atoms with Gasteiger partial charge in [0.25, 0.3) is 5.91 Å². The summed E-state index contributed by atoms with van der Waals surface area (Å²) in [5.74, 6) is -0.817. The predicted octanol–water partition coefficient (Wildman–Crippen LogP) is 4.80. The Morgan fingerprint density at radius 3 is 2.18 bits per heavy atom. The maximum absolute atomic E-state index is 12.9. The van der Waals surface area contributed by atoms with Gasteiger partial charge in [-0.15, -0.1) is 0 Å². The zero-order chi connectivity index (χ0) is 24.3. The van der Waals surface area contributed by atoms with Crippen LogP contribution in [0.25, 0.3) is 5.69 Å². The smallest absolute Gasteiger partial charge is 0.339 e. The van der Waals surface area contributed by atoms with Gasteiger partial charge in [0.15, 0.2) is 27.8 Å². The Labute approximate surface area is 201 Å². The Morgan fingerprint density at radius 2 is 1.58 bits per heavy atom. The van der Waals surface area contributed by atoms with Crippen LogP contribution in [0.4, 0.5) is 0 Å². The number of ketones is 1. The van der Waals surface area contributed by atoms with Crippen molar-refractivity contribution in [2.75, 3.05) is 13.7 Å². The van der Waals surface area contributed by atoms with Crippen molar-refractivity contribution in [2.45, 2.75) is 27.7 Å². The number of hydrogen-bond donors (Lipinski definition) is 1. The predicted molar refractivity (Wildman–Crippen MR) is 129 cm³/mol. The van der Waals surface area contributed by atoms with E-state index in [1.54, 1.807) is 24.3 Å². The van der Waals surface area contributed by atoms with E-state index in [1.807, 2.05) is 50.5 Å². The maximum atomic E-state index is 12.9. The lowest BCUT2D eigenvalue weighted by atomic mass is 10.0. The first-order valence-electron chi connectivity index (χ1n) is 10.3. The second-order valence-electron chi connectivity index (χ2n) is 7.74. The van der Waals surface area contributed by atoms with Crippen LogP contribution < -0.4 is 9.15 Å². The lowest BCUT2D eigenvalue weighted by Gasteiger charge is -2.15. The monoisotopic (exact) mass is 512 g/mol. The number of hydrogen-bond acceptors (Lipinski definition) is 5. The molecule has 3 rings (SSSR count). The second-order valence-corrected chi connectivity index (χ2v) is 8.07. The Balaban J connectivity index is 1.88. The summed E-state index contributed by atoms with van der Waals surface area (Å²) in [5, 5.41) is 2.66. The molecule has 0 fully saturated rings. The zero-order valence-electron chi connectivity index (χ0n) is 19.1. The van der Waals surface area contributed by atoms with Gasteiger partial charge in [-0.2, -0.15) is 0 Å². The minimum atomic E-state index is -0.498. The lowest BCUT2D eigenvalue weighted by Crippen LogP contribution is -2.30. The van der Waals surface area contributed by atoms with Crippen molar-refractivity contribution >= 4 is 33.9 Å². The van der Waals surface area contributed by atoms with Crippen LogP contribution in [0.1, 0.15) is 53.6 Å². The van der Waals surface area contributed by atoms with E-state index in [1.165, 1.54) is 7.11 Å². The van der Waals surface area contributed by atoms with E-state index in [-0.39, 0.29) is 12.3 Å². The fourth-order valence-corrected chi connectivity index (χ4v) is 4.06. The van der Waals surface area contributed by atoms with Crippen LogP contribution in [0.3, 0.4) is 0 Å². The van der Waals surface area contributed by atoms with E-state index in [4.69, 9.17) is 8.57 Å². The average molecular weight is 513 g/mol. The number of carbonyl (C=O) groups is 3. The van der Waals surface area contributed by atoms with Crippen LogP contribution >= 0.6 is 16.3 Å². The summed E-state index contributed by atoms with van der Waals surface area (Å²) < 4.78 is 12.0. The van der Waals surface area contributed by atoms with Gasteiger partial charge in [0.05, 0.1) is 30.5 Å². The van der Waals surface area contributed by atoms with Gasteiger partial charge < -0.3 is 18.4 Å². The molecule has 0 bridgehead atoms. The molecule has 1 N–H and O–H groups in total.